The molecule has 2 heterocycles. The molecule has 0 bridgehead atoms. The molecule has 1 atom stereocenters. The molecular formula is C27H19N3O4. The van der Waals surface area contributed by atoms with Gasteiger partial charge in [-0.15, -0.1) is 0 Å². The zero-order valence-corrected chi connectivity index (χ0v) is 18.1. The number of Topliss-reactive ketones (excluding diaryl/α,β-unsaturated/α-hetero) is 1. The van der Waals surface area contributed by atoms with E-state index in [-0.39, 0.29) is 11.3 Å². The highest BCUT2D eigenvalue weighted by Gasteiger charge is 2.47. The molecule has 0 aliphatic carbocycles. The van der Waals surface area contributed by atoms with Gasteiger partial charge in [0, 0.05) is 28.4 Å². The third-order valence-corrected chi connectivity index (χ3v) is 5.97. The second kappa shape index (κ2) is 8.26. The van der Waals surface area contributed by atoms with E-state index in [1.54, 1.807) is 54.7 Å². The summed E-state index contributed by atoms with van der Waals surface area (Å²) in [5.41, 5.74) is 2.67. The number of amides is 1. The van der Waals surface area contributed by atoms with Gasteiger partial charge in [0.05, 0.1) is 30.4 Å². The average Bonchev–Trinajstić information content (AvgIpc) is 3.43. The van der Waals surface area contributed by atoms with Gasteiger partial charge >= 0.3 is 0 Å². The van der Waals surface area contributed by atoms with Gasteiger partial charge < -0.3 is 14.8 Å². The van der Waals surface area contributed by atoms with Crippen molar-refractivity contribution in [3.8, 4) is 11.8 Å². The van der Waals surface area contributed by atoms with E-state index in [1.807, 2.05) is 30.3 Å². The van der Waals surface area contributed by atoms with Crippen LogP contribution < -0.4 is 9.64 Å². The number of fused-ring (bicyclic) bond motifs is 1. The summed E-state index contributed by atoms with van der Waals surface area (Å²) in [6.07, 6.45) is 1.62. The summed E-state index contributed by atoms with van der Waals surface area (Å²) in [6.45, 7) is 0. The van der Waals surface area contributed by atoms with Crippen LogP contribution in [-0.2, 0) is 9.59 Å². The third kappa shape index (κ3) is 3.29. The summed E-state index contributed by atoms with van der Waals surface area (Å²) >= 11 is 0. The van der Waals surface area contributed by atoms with Crippen LogP contribution in [-0.4, -0.2) is 28.9 Å². The molecule has 0 radical (unpaired) electrons. The maximum atomic E-state index is 13.3. The number of aliphatic hydroxyl groups is 1. The number of rotatable bonds is 4. The van der Waals surface area contributed by atoms with E-state index in [9.17, 15) is 14.7 Å². The number of aromatic nitrogens is 1. The summed E-state index contributed by atoms with van der Waals surface area (Å²) in [6, 6.07) is 22.0. The monoisotopic (exact) mass is 449 g/mol. The molecule has 1 saturated heterocycles. The highest BCUT2D eigenvalue weighted by atomic mass is 16.5. The highest BCUT2D eigenvalue weighted by molar-refractivity contribution is 6.51. The molecule has 166 valence electrons. The van der Waals surface area contributed by atoms with E-state index in [0.717, 1.165) is 10.9 Å². The van der Waals surface area contributed by atoms with E-state index < -0.39 is 17.7 Å². The van der Waals surface area contributed by atoms with Crippen molar-refractivity contribution >= 4 is 34.0 Å². The number of carbonyl (C=O) groups is 2. The minimum atomic E-state index is -0.892. The van der Waals surface area contributed by atoms with Gasteiger partial charge in [0.1, 0.15) is 11.5 Å². The average molecular weight is 449 g/mol. The number of ether oxygens (including phenoxy) is 1. The first-order valence-electron chi connectivity index (χ1n) is 10.5. The van der Waals surface area contributed by atoms with E-state index >= 15 is 0 Å². The van der Waals surface area contributed by atoms with Crippen LogP contribution in [0.1, 0.15) is 22.7 Å². The Morgan fingerprint density at radius 2 is 1.82 bits per heavy atom. The summed E-state index contributed by atoms with van der Waals surface area (Å²) in [5.74, 6) is -1.27. The number of carbonyl (C=O) groups excluding carboxylic acids is 2. The number of aromatic amines is 1. The van der Waals surface area contributed by atoms with Gasteiger partial charge in [-0.05, 0) is 48.0 Å². The molecule has 34 heavy (non-hydrogen) atoms. The number of hydrogen-bond acceptors (Lipinski definition) is 5. The van der Waals surface area contributed by atoms with E-state index in [1.165, 1.54) is 12.0 Å². The number of benzene rings is 3. The maximum absolute atomic E-state index is 13.3. The fourth-order valence-corrected chi connectivity index (χ4v) is 4.33. The van der Waals surface area contributed by atoms with Crippen molar-refractivity contribution in [1.82, 2.24) is 4.98 Å². The Hall–Kier alpha value is -4.83. The van der Waals surface area contributed by atoms with Crippen LogP contribution in [0, 0.1) is 11.3 Å². The van der Waals surface area contributed by atoms with Gasteiger partial charge in [-0.3, -0.25) is 14.5 Å². The van der Waals surface area contributed by atoms with Gasteiger partial charge in [0.15, 0.2) is 0 Å². The van der Waals surface area contributed by atoms with Crippen molar-refractivity contribution in [2.45, 2.75) is 6.04 Å². The molecule has 7 heteroatoms. The Balaban J connectivity index is 1.75. The molecule has 2 N–H and O–H groups in total. The lowest BCUT2D eigenvalue weighted by Gasteiger charge is -2.25. The summed E-state index contributed by atoms with van der Waals surface area (Å²) in [4.78, 5) is 31.0. The Morgan fingerprint density at radius 3 is 2.56 bits per heavy atom. The van der Waals surface area contributed by atoms with E-state index in [2.05, 4.69) is 4.98 Å². The normalized spacial score (nSPS) is 17.2. The van der Waals surface area contributed by atoms with Gasteiger partial charge in [-0.25, -0.2) is 0 Å². The van der Waals surface area contributed by atoms with Crippen molar-refractivity contribution in [1.29, 1.82) is 5.26 Å². The van der Waals surface area contributed by atoms with Crippen LogP contribution >= 0.6 is 0 Å². The molecule has 0 spiro atoms. The molecule has 5 rings (SSSR count). The van der Waals surface area contributed by atoms with Gasteiger partial charge in [-0.2, -0.15) is 5.26 Å². The number of nitrogens with zero attached hydrogens (tertiary/aromatic N) is 2. The molecule has 1 aliphatic rings. The molecule has 4 aromatic rings. The third-order valence-electron chi connectivity index (χ3n) is 5.97. The lowest BCUT2D eigenvalue weighted by Crippen LogP contribution is -2.29. The Morgan fingerprint density at radius 1 is 1.06 bits per heavy atom. The van der Waals surface area contributed by atoms with Crippen LogP contribution in [0.25, 0.3) is 16.7 Å². The molecule has 1 fully saturated rings. The maximum Gasteiger partial charge on any atom is 0.300 e. The molecule has 7 nitrogen and oxygen atoms in total. The quantitative estimate of drug-likeness (QED) is 0.267. The molecule has 1 amide bonds. The standard InChI is InChI=1S/C27H19N3O4/c1-34-19-6-4-5-17(13-19)24-23(25(31)21-15-29-22-8-3-2-7-20(21)22)26(32)27(33)30(24)18-11-9-16(14-28)10-12-18/h2-13,15,24,29,31H,1H3/b25-23-. The van der Waals surface area contributed by atoms with Gasteiger partial charge in [-0.1, -0.05) is 30.3 Å². The highest BCUT2D eigenvalue weighted by Crippen LogP contribution is 2.43. The number of nitrogens with one attached hydrogen (secondary N) is 1. The van der Waals surface area contributed by atoms with E-state index in [0.29, 0.717) is 28.1 Å². The molecule has 1 unspecified atom stereocenters. The number of ketones is 1. The first-order valence-corrected chi connectivity index (χ1v) is 10.5. The lowest BCUT2D eigenvalue weighted by atomic mass is 9.94. The van der Waals surface area contributed by atoms with Crippen LogP contribution in [0.2, 0.25) is 0 Å². The Labute approximate surface area is 195 Å². The predicted octanol–water partition coefficient (Wildman–Crippen LogP) is 4.67. The summed E-state index contributed by atoms with van der Waals surface area (Å²) in [5, 5.41) is 21.3. The smallest absolute Gasteiger partial charge is 0.300 e. The Kier molecular flexibility index (Phi) is 5.11. The fourth-order valence-electron chi connectivity index (χ4n) is 4.33. The van der Waals surface area contributed by atoms with Crippen LogP contribution in [0.15, 0.2) is 84.6 Å². The van der Waals surface area contributed by atoms with Crippen LogP contribution in [0.3, 0.4) is 0 Å². The predicted molar refractivity (Wildman–Crippen MR) is 127 cm³/mol. The zero-order valence-electron chi connectivity index (χ0n) is 18.1. The topological polar surface area (TPSA) is 106 Å². The van der Waals surface area contributed by atoms with Crippen molar-refractivity contribution in [3.63, 3.8) is 0 Å². The van der Waals surface area contributed by atoms with Crippen LogP contribution in [0.4, 0.5) is 5.69 Å². The minimum Gasteiger partial charge on any atom is -0.507 e. The first kappa shape index (κ1) is 21.0. The minimum absolute atomic E-state index is 0.0210. The number of aliphatic hydroxyl groups excluding tert-OH is 1. The number of anilines is 1. The largest absolute Gasteiger partial charge is 0.507 e. The number of para-hydroxylation sites is 1. The van der Waals surface area contributed by atoms with Gasteiger partial charge in [0.2, 0.25) is 0 Å². The second-order valence-electron chi connectivity index (χ2n) is 7.85. The van der Waals surface area contributed by atoms with E-state index in [4.69, 9.17) is 10.00 Å². The molecule has 3 aromatic carbocycles. The lowest BCUT2D eigenvalue weighted by molar-refractivity contribution is -0.132. The van der Waals surface area contributed by atoms with Crippen molar-refractivity contribution in [2.24, 2.45) is 0 Å². The fraction of sp³-hybridized carbons (Fsp3) is 0.0741. The summed E-state index contributed by atoms with van der Waals surface area (Å²) in [7, 11) is 1.53. The number of methoxy groups -OCH3 is 1. The van der Waals surface area contributed by atoms with Crippen molar-refractivity contribution in [3.05, 3.63) is 101 Å². The number of nitriles is 1. The Bertz CT molecular complexity index is 1510. The van der Waals surface area contributed by atoms with Gasteiger partial charge in [0.25, 0.3) is 11.7 Å². The molecule has 1 aromatic heterocycles. The van der Waals surface area contributed by atoms with Crippen molar-refractivity contribution in [2.75, 3.05) is 12.0 Å². The number of hydrogen-bond donors (Lipinski definition) is 2. The zero-order chi connectivity index (χ0) is 23.8. The summed E-state index contributed by atoms with van der Waals surface area (Å²) < 4.78 is 5.36. The van der Waals surface area contributed by atoms with Crippen LogP contribution in [0.5, 0.6) is 5.75 Å². The number of H-pyrrole nitrogens is 1. The SMILES string of the molecule is COc1cccc(C2/C(=C(/O)c3c[nH]c4ccccc34)C(=O)C(=O)N2c2ccc(C#N)cc2)c1. The van der Waals surface area contributed by atoms with Crippen molar-refractivity contribution < 1.29 is 19.4 Å². The second-order valence-corrected chi connectivity index (χ2v) is 7.85. The first-order chi connectivity index (χ1) is 16.5. The molecule has 0 saturated carbocycles. The molecule has 1 aliphatic heterocycles. The molecular weight excluding hydrogens is 430 g/mol.